The van der Waals surface area contributed by atoms with E-state index in [-0.39, 0.29) is 5.33 Å². The summed E-state index contributed by atoms with van der Waals surface area (Å²) in [6.07, 6.45) is -7.72. The quantitative estimate of drug-likeness (QED) is 0.466. The number of carbonyl (C=O) groups excluding carboxylic acids is 1. The number of esters is 1. The smallest absolute Gasteiger partial charge is 0.465 e. The fourth-order valence-electron chi connectivity index (χ4n) is 1.38. The van der Waals surface area contributed by atoms with E-state index in [0.29, 0.717) is 6.20 Å². The highest BCUT2D eigenvalue weighted by Crippen LogP contribution is 2.33. The minimum absolute atomic E-state index is 0.351. The average molecular weight is 364 g/mol. The second-order valence-electron chi connectivity index (χ2n) is 3.35. The number of ether oxygens (including phenoxy) is 2. The lowest BCUT2D eigenvalue weighted by Crippen LogP contribution is -2.21. The van der Waals surface area contributed by atoms with Crippen LogP contribution in [0.3, 0.4) is 0 Å². The molecule has 0 aromatic carbocycles. The van der Waals surface area contributed by atoms with Crippen LogP contribution in [0.4, 0.5) is 22.0 Å². The van der Waals surface area contributed by atoms with E-state index in [2.05, 4.69) is 30.4 Å². The normalized spacial score (nSPS) is 11.6. The lowest BCUT2D eigenvalue weighted by molar-refractivity contribution is -0.276. The van der Waals surface area contributed by atoms with Gasteiger partial charge >= 0.3 is 12.3 Å². The van der Waals surface area contributed by atoms with Crippen LogP contribution >= 0.6 is 15.9 Å². The SMILES string of the molecule is COC(=O)c1c(C(F)F)cnc(OC(F)(F)F)c1CBr. The van der Waals surface area contributed by atoms with Crippen molar-refractivity contribution in [3.8, 4) is 5.88 Å². The number of pyridine rings is 1. The number of methoxy groups -OCH3 is 1. The summed E-state index contributed by atoms with van der Waals surface area (Å²) in [5.41, 5.74) is -2.00. The van der Waals surface area contributed by atoms with E-state index in [0.717, 1.165) is 7.11 Å². The third-order valence-corrected chi connectivity index (χ3v) is 2.70. The van der Waals surface area contributed by atoms with Gasteiger partial charge in [-0.3, -0.25) is 0 Å². The Bertz CT molecular complexity index is 506. The van der Waals surface area contributed by atoms with Gasteiger partial charge < -0.3 is 9.47 Å². The van der Waals surface area contributed by atoms with Crippen LogP contribution in [0.5, 0.6) is 5.88 Å². The van der Waals surface area contributed by atoms with Gasteiger partial charge in [0.15, 0.2) is 0 Å². The second-order valence-corrected chi connectivity index (χ2v) is 3.91. The van der Waals surface area contributed by atoms with Gasteiger partial charge in [0.1, 0.15) is 0 Å². The molecule has 0 spiro atoms. The molecule has 0 amide bonds. The summed E-state index contributed by atoms with van der Waals surface area (Å²) in [6, 6.07) is 0. The fraction of sp³-hybridized carbons (Fsp3) is 0.400. The van der Waals surface area contributed by atoms with E-state index in [1.165, 1.54) is 0 Å². The largest absolute Gasteiger partial charge is 0.574 e. The van der Waals surface area contributed by atoms with E-state index < -0.39 is 41.3 Å². The minimum atomic E-state index is -5.07. The van der Waals surface area contributed by atoms with Gasteiger partial charge in [-0.05, 0) is 0 Å². The van der Waals surface area contributed by atoms with Crippen LogP contribution in [-0.2, 0) is 10.1 Å². The molecule has 20 heavy (non-hydrogen) atoms. The monoisotopic (exact) mass is 363 g/mol. The highest BCUT2D eigenvalue weighted by atomic mass is 79.9. The maximum absolute atomic E-state index is 12.8. The predicted molar refractivity (Wildman–Crippen MR) is 59.8 cm³/mol. The highest BCUT2D eigenvalue weighted by Gasteiger charge is 2.35. The van der Waals surface area contributed by atoms with Crippen molar-refractivity contribution in [2.75, 3.05) is 7.11 Å². The summed E-state index contributed by atoms with van der Waals surface area (Å²) in [5, 5.41) is -0.351. The first-order valence-corrected chi connectivity index (χ1v) is 6.03. The Morgan fingerprint density at radius 3 is 2.45 bits per heavy atom. The Kier molecular flexibility index (Phi) is 5.26. The fourth-order valence-corrected chi connectivity index (χ4v) is 1.90. The number of hydrogen-bond acceptors (Lipinski definition) is 4. The van der Waals surface area contributed by atoms with Gasteiger partial charge in [0.05, 0.1) is 18.2 Å². The zero-order chi connectivity index (χ0) is 15.5. The topological polar surface area (TPSA) is 48.4 Å². The minimum Gasteiger partial charge on any atom is -0.465 e. The molecule has 0 aliphatic heterocycles. The molecule has 1 rings (SSSR count). The van der Waals surface area contributed by atoms with Gasteiger partial charge in [-0.2, -0.15) is 0 Å². The molecule has 0 saturated heterocycles. The van der Waals surface area contributed by atoms with Gasteiger partial charge in [0.2, 0.25) is 5.88 Å². The molecule has 0 unspecified atom stereocenters. The van der Waals surface area contributed by atoms with Crippen LogP contribution in [0.1, 0.15) is 27.9 Å². The molecular weight excluding hydrogens is 357 g/mol. The number of aromatic nitrogens is 1. The Labute approximate surface area is 118 Å². The first kappa shape index (κ1) is 16.6. The molecule has 4 nitrogen and oxygen atoms in total. The molecule has 10 heteroatoms. The molecule has 1 heterocycles. The van der Waals surface area contributed by atoms with E-state index in [4.69, 9.17) is 0 Å². The van der Waals surface area contributed by atoms with E-state index in [1.54, 1.807) is 0 Å². The molecule has 1 aromatic heterocycles. The lowest BCUT2D eigenvalue weighted by atomic mass is 10.1. The average Bonchev–Trinajstić information content (AvgIpc) is 2.34. The predicted octanol–water partition coefficient (Wildman–Crippen LogP) is 3.60. The van der Waals surface area contributed by atoms with Crippen molar-refractivity contribution in [2.45, 2.75) is 18.1 Å². The number of halogens is 6. The number of rotatable bonds is 4. The zero-order valence-corrected chi connectivity index (χ0v) is 11.4. The van der Waals surface area contributed by atoms with Crippen LogP contribution in [0.2, 0.25) is 0 Å². The summed E-state index contributed by atoms with van der Waals surface area (Å²) in [7, 11) is 0.917. The van der Waals surface area contributed by atoms with Crippen molar-refractivity contribution in [3.63, 3.8) is 0 Å². The maximum Gasteiger partial charge on any atom is 0.574 e. The maximum atomic E-state index is 12.8. The molecule has 1 aromatic rings. The first-order valence-electron chi connectivity index (χ1n) is 4.91. The standard InChI is InChI=1S/C10H7BrF5NO3/c1-19-9(18)6-4(2-11)8(20-10(14,15)16)17-3-5(6)7(12)13/h3,7H,2H2,1H3. The van der Waals surface area contributed by atoms with Crippen LogP contribution in [0.25, 0.3) is 0 Å². The van der Waals surface area contributed by atoms with Crippen LogP contribution in [-0.4, -0.2) is 24.4 Å². The van der Waals surface area contributed by atoms with Gasteiger partial charge in [0.25, 0.3) is 6.43 Å². The summed E-state index contributed by atoms with van der Waals surface area (Å²) < 4.78 is 70.0. The molecule has 0 atom stereocenters. The molecule has 0 bridgehead atoms. The number of carbonyl (C=O) groups is 1. The first-order chi connectivity index (χ1) is 9.21. The Morgan fingerprint density at radius 2 is 2.05 bits per heavy atom. The summed E-state index contributed by atoms with van der Waals surface area (Å²) in [4.78, 5) is 14.7. The Hall–Kier alpha value is -1.45. The third kappa shape index (κ3) is 3.78. The third-order valence-electron chi connectivity index (χ3n) is 2.14. The van der Waals surface area contributed by atoms with Gasteiger partial charge in [-0.15, -0.1) is 13.2 Å². The summed E-state index contributed by atoms with van der Waals surface area (Å²) >= 11 is 2.81. The highest BCUT2D eigenvalue weighted by molar-refractivity contribution is 9.08. The number of hydrogen-bond donors (Lipinski definition) is 0. The molecule has 112 valence electrons. The Balaban J connectivity index is 3.48. The Morgan fingerprint density at radius 1 is 1.45 bits per heavy atom. The second kappa shape index (κ2) is 6.33. The van der Waals surface area contributed by atoms with Crippen LogP contribution in [0, 0.1) is 0 Å². The molecule has 0 N–H and O–H groups in total. The number of nitrogens with zero attached hydrogens (tertiary/aromatic N) is 1. The van der Waals surface area contributed by atoms with Gasteiger partial charge in [-0.25, -0.2) is 18.6 Å². The molecule has 0 aliphatic carbocycles. The van der Waals surface area contributed by atoms with Crippen molar-refractivity contribution < 1.29 is 36.2 Å². The van der Waals surface area contributed by atoms with Crippen molar-refractivity contribution in [3.05, 3.63) is 22.9 Å². The van der Waals surface area contributed by atoms with Crippen molar-refractivity contribution >= 4 is 21.9 Å². The number of alkyl halides is 6. The molecule has 0 fully saturated rings. The molecular formula is C10H7BrF5NO3. The van der Waals surface area contributed by atoms with Crippen molar-refractivity contribution in [1.82, 2.24) is 4.98 Å². The van der Waals surface area contributed by atoms with Gasteiger partial charge in [0, 0.05) is 17.1 Å². The molecule has 0 saturated carbocycles. The van der Waals surface area contributed by atoms with E-state index in [9.17, 15) is 26.7 Å². The van der Waals surface area contributed by atoms with Crippen LogP contribution < -0.4 is 4.74 Å². The van der Waals surface area contributed by atoms with Crippen LogP contribution in [0.15, 0.2) is 6.20 Å². The van der Waals surface area contributed by atoms with E-state index in [1.807, 2.05) is 0 Å². The zero-order valence-electron chi connectivity index (χ0n) is 9.80. The summed E-state index contributed by atoms with van der Waals surface area (Å²) in [5.74, 6) is -2.19. The van der Waals surface area contributed by atoms with E-state index >= 15 is 0 Å². The summed E-state index contributed by atoms with van der Waals surface area (Å²) in [6.45, 7) is 0. The van der Waals surface area contributed by atoms with Crippen molar-refractivity contribution in [2.24, 2.45) is 0 Å². The molecule has 0 radical (unpaired) electrons. The van der Waals surface area contributed by atoms with Crippen molar-refractivity contribution in [1.29, 1.82) is 0 Å². The molecule has 0 aliphatic rings. The lowest BCUT2D eigenvalue weighted by Gasteiger charge is -2.16. The van der Waals surface area contributed by atoms with Gasteiger partial charge in [-0.1, -0.05) is 15.9 Å².